The van der Waals surface area contributed by atoms with Gasteiger partial charge in [-0.05, 0) is 43.9 Å². The van der Waals surface area contributed by atoms with Crippen LogP contribution in [0.3, 0.4) is 0 Å². The Kier molecular flexibility index (Phi) is 5.39. The molecule has 25 heavy (non-hydrogen) atoms. The molecule has 0 amide bonds. The van der Waals surface area contributed by atoms with E-state index in [1.807, 2.05) is 0 Å². The summed E-state index contributed by atoms with van der Waals surface area (Å²) in [4.78, 5) is 9.95. The minimum Gasteiger partial charge on any atom is -0.481 e. The second-order valence-electron chi connectivity index (χ2n) is 5.83. The van der Waals surface area contributed by atoms with Crippen LogP contribution in [0.5, 0.6) is 0 Å². The first-order chi connectivity index (χ1) is 11.5. The van der Waals surface area contributed by atoms with Crippen molar-refractivity contribution in [3.05, 3.63) is 29.3 Å². The third kappa shape index (κ3) is 4.49. The number of halogens is 3. The quantitative estimate of drug-likeness (QED) is 0.840. The first-order valence-electron chi connectivity index (χ1n) is 7.41. The molecule has 0 saturated heterocycles. The van der Waals surface area contributed by atoms with Crippen molar-refractivity contribution in [3.8, 4) is 6.07 Å². The number of nitrogens with one attached hydrogen (secondary N) is 1. The van der Waals surface area contributed by atoms with Crippen molar-refractivity contribution in [3.63, 3.8) is 0 Å². The van der Waals surface area contributed by atoms with E-state index in [4.69, 9.17) is 10.4 Å². The molecule has 1 aliphatic rings. The lowest BCUT2D eigenvalue weighted by molar-refractivity contribution is -0.143. The highest BCUT2D eigenvalue weighted by molar-refractivity contribution is 7.89. The highest BCUT2D eigenvalue weighted by Gasteiger charge is 2.38. The molecule has 2 N–H and O–H groups in total. The molecule has 0 aromatic heterocycles. The van der Waals surface area contributed by atoms with Crippen molar-refractivity contribution in [1.82, 2.24) is 4.72 Å². The first kappa shape index (κ1) is 19.2. The number of carboxylic acids is 1. The van der Waals surface area contributed by atoms with Gasteiger partial charge in [0.25, 0.3) is 0 Å². The number of hydrogen-bond donors (Lipinski definition) is 2. The maximum Gasteiger partial charge on any atom is 0.417 e. The average molecular weight is 376 g/mol. The van der Waals surface area contributed by atoms with Crippen molar-refractivity contribution < 1.29 is 31.5 Å². The van der Waals surface area contributed by atoms with E-state index in [1.54, 1.807) is 6.07 Å². The zero-order chi connectivity index (χ0) is 18.8. The third-order valence-corrected chi connectivity index (χ3v) is 5.68. The monoisotopic (exact) mass is 376 g/mol. The number of nitrogens with zero attached hydrogens (tertiary/aromatic N) is 1. The SMILES string of the molecule is N#Cc1ccc(S(=O)(=O)NC2CCC(C(=O)O)CC2)c(C(F)(F)F)c1. The minimum absolute atomic E-state index is 0.230. The Bertz CT molecular complexity index is 807. The number of carboxylic acid groups (broad SMARTS) is 1. The Balaban J connectivity index is 2.26. The van der Waals surface area contributed by atoms with Crippen molar-refractivity contribution >= 4 is 16.0 Å². The summed E-state index contributed by atoms with van der Waals surface area (Å²) < 4.78 is 66.4. The van der Waals surface area contributed by atoms with Crippen LogP contribution in [0.4, 0.5) is 13.2 Å². The van der Waals surface area contributed by atoms with Crippen molar-refractivity contribution in [2.75, 3.05) is 0 Å². The standard InChI is InChI=1S/C15H15F3N2O4S/c16-15(17,18)12-7-9(8-19)1-6-13(12)25(23,24)20-11-4-2-10(3-5-11)14(21)22/h1,6-7,10-11,20H,2-5H2,(H,21,22). The topological polar surface area (TPSA) is 107 Å². The molecular weight excluding hydrogens is 361 g/mol. The number of rotatable bonds is 4. The number of nitriles is 1. The largest absolute Gasteiger partial charge is 0.481 e. The van der Waals surface area contributed by atoms with Gasteiger partial charge in [0.1, 0.15) is 0 Å². The van der Waals surface area contributed by atoms with Crippen molar-refractivity contribution in [2.24, 2.45) is 5.92 Å². The molecule has 1 aromatic rings. The first-order valence-corrected chi connectivity index (χ1v) is 8.89. The summed E-state index contributed by atoms with van der Waals surface area (Å²) in [6, 6.07) is 3.17. The lowest BCUT2D eigenvalue weighted by Gasteiger charge is -2.27. The molecule has 0 bridgehead atoms. The van der Waals surface area contributed by atoms with Gasteiger partial charge in [-0.25, -0.2) is 13.1 Å². The molecule has 0 radical (unpaired) electrons. The van der Waals surface area contributed by atoms with Crippen LogP contribution in [0.1, 0.15) is 36.8 Å². The van der Waals surface area contributed by atoms with Crippen LogP contribution in [0, 0.1) is 17.2 Å². The fourth-order valence-electron chi connectivity index (χ4n) is 2.80. The Morgan fingerprint density at radius 3 is 2.32 bits per heavy atom. The summed E-state index contributed by atoms with van der Waals surface area (Å²) in [6.45, 7) is 0. The fourth-order valence-corrected chi connectivity index (χ4v) is 4.31. The molecule has 1 aliphatic carbocycles. The third-order valence-electron chi connectivity index (χ3n) is 4.10. The zero-order valence-electron chi connectivity index (χ0n) is 12.9. The van der Waals surface area contributed by atoms with Gasteiger partial charge in [0.15, 0.2) is 0 Å². The molecule has 2 rings (SSSR count). The van der Waals surface area contributed by atoms with Gasteiger partial charge in [0.05, 0.1) is 28.0 Å². The lowest BCUT2D eigenvalue weighted by atomic mass is 9.87. The number of alkyl halides is 3. The molecule has 0 atom stereocenters. The fraction of sp³-hybridized carbons (Fsp3) is 0.467. The van der Waals surface area contributed by atoms with Crippen LogP contribution < -0.4 is 4.72 Å². The zero-order valence-corrected chi connectivity index (χ0v) is 13.7. The molecule has 0 aliphatic heterocycles. The van der Waals surface area contributed by atoms with Crippen molar-refractivity contribution in [2.45, 2.75) is 42.8 Å². The van der Waals surface area contributed by atoms with Crippen LogP contribution in [0.25, 0.3) is 0 Å². The normalized spacial score (nSPS) is 21.5. The van der Waals surface area contributed by atoms with Crippen molar-refractivity contribution in [1.29, 1.82) is 5.26 Å². The number of hydrogen-bond acceptors (Lipinski definition) is 4. The van der Waals surface area contributed by atoms with Gasteiger partial charge in [-0.2, -0.15) is 18.4 Å². The van der Waals surface area contributed by atoms with E-state index in [0.29, 0.717) is 6.07 Å². The molecule has 1 aromatic carbocycles. The maximum atomic E-state index is 13.1. The number of aliphatic carboxylic acids is 1. The summed E-state index contributed by atoms with van der Waals surface area (Å²) >= 11 is 0. The van der Waals surface area contributed by atoms with Crippen LogP contribution in [-0.2, 0) is 21.0 Å². The van der Waals surface area contributed by atoms with Gasteiger partial charge < -0.3 is 5.11 Å². The highest BCUT2D eigenvalue weighted by Crippen LogP contribution is 2.35. The summed E-state index contributed by atoms with van der Waals surface area (Å²) in [5, 5.41) is 17.6. The van der Waals surface area contributed by atoms with Gasteiger partial charge in [-0.3, -0.25) is 4.79 Å². The van der Waals surface area contributed by atoms with Crippen LogP contribution in [-0.4, -0.2) is 25.5 Å². The van der Waals surface area contributed by atoms with E-state index in [-0.39, 0.29) is 31.2 Å². The van der Waals surface area contributed by atoms with Gasteiger partial charge in [-0.1, -0.05) is 0 Å². The van der Waals surface area contributed by atoms with E-state index >= 15 is 0 Å². The van der Waals surface area contributed by atoms with Gasteiger partial charge >= 0.3 is 12.1 Å². The minimum atomic E-state index is -4.93. The number of benzene rings is 1. The second-order valence-corrected chi connectivity index (χ2v) is 7.51. The predicted octanol–water partition coefficient (Wildman–Crippen LogP) is 2.50. The average Bonchev–Trinajstić information content (AvgIpc) is 2.53. The van der Waals surface area contributed by atoms with E-state index < -0.39 is 44.6 Å². The van der Waals surface area contributed by atoms with Gasteiger partial charge in [0.2, 0.25) is 10.0 Å². The molecular formula is C15H15F3N2O4S. The van der Waals surface area contributed by atoms with Gasteiger partial charge in [0, 0.05) is 6.04 Å². The second kappa shape index (κ2) is 7.01. The summed E-state index contributed by atoms with van der Waals surface area (Å²) in [7, 11) is -4.46. The number of sulfonamides is 1. The predicted molar refractivity (Wildman–Crippen MR) is 79.9 cm³/mol. The van der Waals surface area contributed by atoms with E-state index in [2.05, 4.69) is 4.72 Å². The molecule has 1 saturated carbocycles. The Labute approximate surface area is 142 Å². The number of carbonyl (C=O) groups is 1. The van der Waals surface area contributed by atoms with Crippen LogP contribution in [0.15, 0.2) is 23.1 Å². The molecule has 1 fully saturated rings. The highest BCUT2D eigenvalue weighted by atomic mass is 32.2. The molecule has 0 spiro atoms. The van der Waals surface area contributed by atoms with Gasteiger partial charge in [-0.15, -0.1) is 0 Å². The Morgan fingerprint density at radius 1 is 1.24 bits per heavy atom. The summed E-state index contributed by atoms with van der Waals surface area (Å²) in [5.41, 5.74) is -1.70. The van der Waals surface area contributed by atoms with Crippen LogP contribution >= 0.6 is 0 Å². The molecule has 6 nitrogen and oxygen atoms in total. The summed E-state index contributed by atoms with van der Waals surface area (Å²) in [6.07, 6.45) is -3.97. The van der Waals surface area contributed by atoms with E-state index in [9.17, 15) is 26.4 Å². The Morgan fingerprint density at radius 2 is 1.84 bits per heavy atom. The maximum absolute atomic E-state index is 13.1. The smallest absolute Gasteiger partial charge is 0.417 e. The summed E-state index contributed by atoms with van der Waals surface area (Å²) in [5.74, 6) is -1.53. The van der Waals surface area contributed by atoms with Crippen LogP contribution in [0.2, 0.25) is 0 Å². The molecule has 0 unspecified atom stereocenters. The molecule has 0 heterocycles. The molecule has 10 heteroatoms. The van der Waals surface area contributed by atoms with E-state index in [1.165, 1.54) is 0 Å². The lowest BCUT2D eigenvalue weighted by Crippen LogP contribution is -2.39. The van der Waals surface area contributed by atoms with E-state index in [0.717, 1.165) is 12.1 Å². The Hall–Kier alpha value is -2.12. The molecule has 136 valence electrons.